The van der Waals surface area contributed by atoms with Gasteiger partial charge in [-0.3, -0.25) is 4.79 Å². The number of hydrogen-bond donors (Lipinski definition) is 1. The molecule has 5 nitrogen and oxygen atoms in total. The Balaban J connectivity index is 1.37. The van der Waals surface area contributed by atoms with Crippen molar-refractivity contribution in [3.63, 3.8) is 0 Å². The highest BCUT2D eigenvalue weighted by atomic mass is 32.2. The molecule has 1 heterocycles. The van der Waals surface area contributed by atoms with Gasteiger partial charge >= 0.3 is 0 Å². The van der Waals surface area contributed by atoms with E-state index in [0.717, 1.165) is 29.2 Å². The van der Waals surface area contributed by atoms with Gasteiger partial charge in [-0.15, -0.1) is 0 Å². The lowest BCUT2D eigenvalue weighted by molar-refractivity contribution is -0.118. The Hall–Kier alpha value is -2.31. The van der Waals surface area contributed by atoms with Crippen LogP contribution in [0.1, 0.15) is 31.9 Å². The van der Waals surface area contributed by atoms with Crippen LogP contribution in [-0.4, -0.2) is 34.4 Å². The number of aromatic nitrogens is 2. The lowest BCUT2D eigenvalue weighted by atomic mass is 10.1. The lowest BCUT2D eigenvalue weighted by Crippen LogP contribution is -2.27. The molecule has 0 aliphatic carbocycles. The van der Waals surface area contributed by atoms with Gasteiger partial charge in [-0.1, -0.05) is 54.2 Å². The quantitative estimate of drug-likeness (QED) is 0.406. The molecule has 3 rings (SSSR count). The molecule has 0 spiro atoms. The summed E-state index contributed by atoms with van der Waals surface area (Å²) in [4.78, 5) is 16.8. The second-order valence-electron chi connectivity index (χ2n) is 6.54. The fourth-order valence-corrected chi connectivity index (χ4v) is 3.94. The van der Waals surface area contributed by atoms with E-state index < -0.39 is 0 Å². The minimum atomic E-state index is 0.0239. The molecule has 28 heavy (non-hydrogen) atoms. The number of aryl methyl sites for hydroxylation is 1. The van der Waals surface area contributed by atoms with Crippen LogP contribution in [0.15, 0.2) is 59.8 Å². The maximum Gasteiger partial charge on any atom is 0.230 e. The molecule has 0 aliphatic rings. The Morgan fingerprint density at radius 3 is 2.71 bits per heavy atom. The number of thioether (sulfide) groups is 1. The Labute approximate surface area is 170 Å². The number of carbonyl (C=O) groups excluding carboxylic acids is 1. The first-order valence-corrected chi connectivity index (χ1v) is 10.7. The van der Waals surface area contributed by atoms with Gasteiger partial charge in [-0.05, 0) is 38.0 Å². The molecular weight excluding hydrogens is 370 g/mol. The molecule has 1 unspecified atom stereocenters. The average Bonchev–Trinajstić information content (AvgIpc) is 3.10. The standard InChI is InChI=1S/C22H27N3O2S/c1-3-25-20-13-8-7-12-19(20)24-22(25)28-16-21(26)23-14-9-15-27-17(2)18-10-5-4-6-11-18/h4-8,10-13,17H,3,9,14-16H2,1-2H3,(H,23,26). The zero-order valence-corrected chi connectivity index (χ0v) is 17.2. The topological polar surface area (TPSA) is 56.2 Å². The molecule has 6 heteroatoms. The molecule has 1 N–H and O–H groups in total. The van der Waals surface area contributed by atoms with Crippen molar-refractivity contribution in [2.75, 3.05) is 18.9 Å². The minimum Gasteiger partial charge on any atom is -0.374 e. The normalized spacial score (nSPS) is 12.2. The minimum absolute atomic E-state index is 0.0239. The van der Waals surface area contributed by atoms with E-state index in [1.165, 1.54) is 17.3 Å². The van der Waals surface area contributed by atoms with Crippen LogP contribution in [-0.2, 0) is 16.1 Å². The van der Waals surface area contributed by atoms with Crippen molar-refractivity contribution >= 4 is 28.7 Å². The summed E-state index contributed by atoms with van der Waals surface area (Å²) in [5.74, 6) is 0.390. The molecule has 0 aliphatic heterocycles. The highest BCUT2D eigenvalue weighted by Crippen LogP contribution is 2.23. The summed E-state index contributed by atoms with van der Waals surface area (Å²) in [6.45, 7) is 6.21. The Morgan fingerprint density at radius 1 is 1.18 bits per heavy atom. The van der Waals surface area contributed by atoms with Gasteiger partial charge in [0.15, 0.2) is 5.16 Å². The van der Waals surface area contributed by atoms with E-state index in [9.17, 15) is 4.79 Å². The molecule has 0 saturated carbocycles. The molecule has 1 amide bonds. The lowest BCUT2D eigenvalue weighted by Gasteiger charge is -2.13. The number of ether oxygens (including phenoxy) is 1. The number of amides is 1. The van der Waals surface area contributed by atoms with Crippen LogP contribution in [0.3, 0.4) is 0 Å². The zero-order valence-electron chi connectivity index (χ0n) is 16.4. The third-order valence-corrected chi connectivity index (χ3v) is 5.52. The maximum absolute atomic E-state index is 12.1. The number of nitrogens with one attached hydrogen (secondary N) is 1. The zero-order chi connectivity index (χ0) is 19.8. The van der Waals surface area contributed by atoms with Crippen molar-refractivity contribution in [1.82, 2.24) is 14.9 Å². The molecule has 3 aromatic rings. The smallest absolute Gasteiger partial charge is 0.230 e. The second kappa shape index (κ2) is 10.3. The van der Waals surface area contributed by atoms with Crippen molar-refractivity contribution in [3.8, 4) is 0 Å². The van der Waals surface area contributed by atoms with E-state index in [4.69, 9.17) is 4.74 Å². The summed E-state index contributed by atoms with van der Waals surface area (Å²) in [6.07, 6.45) is 0.857. The largest absolute Gasteiger partial charge is 0.374 e. The van der Waals surface area contributed by atoms with E-state index in [1.54, 1.807) is 0 Å². The fourth-order valence-electron chi connectivity index (χ4n) is 3.03. The molecule has 0 saturated heterocycles. The Morgan fingerprint density at radius 2 is 1.93 bits per heavy atom. The van der Waals surface area contributed by atoms with E-state index in [2.05, 4.69) is 40.0 Å². The van der Waals surface area contributed by atoms with Crippen LogP contribution in [0.25, 0.3) is 11.0 Å². The van der Waals surface area contributed by atoms with Gasteiger partial charge in [0.1, 0.15) is 0 Å². The van der Waals surface area contributed by atoms with Crippen molar-refractivity contribution in [1.29, 1.82) is 0 Å². The molecule has 1 aromatic heterocycles. The first-order chi connectivity index (χ1) is 13.7. The molecule has 0 fully saturated rings. The van der Waals surface area contributed by atoms with Crippen LogP contribution in [0.5, 0.6) is 0 Å². The van der Waals surface area contributed by atoms with E-state index in [1.807, 2.05) is 43.3 Å². The van der Waals surface area contributed by atoms with Crippen LogP contribution in [0, 0.1) is 0 Å². The SMILES string of the molecule is CCn1c(SCC(=O)NCCCOC(C)c2ccccc2)nc2ccccc21. The Bertz CT molecular complexity index is 895. The summed E-state index contributed by atoms with van der Waals surface area (Å²) in [6, 6.07) is 18.2. The van der Waals surface area contributed by atoms with Gasteiger partial charge in [-0.2, -0.15) is 0 Å². The van der Waals surface area contributed by atoms with Gasteiger partial charge in [0.2, 0.25) is 5.91 Å². The van der Waals surface area contributed by atoms with Crippen molar-refractivity contribution < 1.29 is 9.53 Å². The fraction of sp³-hybridized carbons (Fsp3) is 0.364. The monoisotopic (exact) mass is 397 g/mol. The van der Waals surface area contributed by atoms with Crippen molar-refractivity contribution in [3.05, 3.63) is 60.2 Å². The summed E-state index contributed by atoms with van der Waals surface area (Å²) in [7, 11) is 0. The summed E-state index contributed by atoms with van der Waals surface area (Å²) in [5, 5.41) is 3.85. The maximum atomic E-state index is 12.1. The number of hydrogen-bond acceptors (Lipinski definition) is 4. The third kappa shape index (κ3) is 5.36. The summed E-state index contributed by atoms with van der Waals surface area (Å²) < 4.78 is 7.98. The van der Waals surface area contributed by atoms with Gasteiger partial charge < -0.3 is 14.6 Å². The van der Waals surface area contributed by atoms with Crippen molar-refractivity contribution in [2.45, 2.75) is 38.1 Å². The van der Waals surface area contributed by atoms with Crippen LogP contribution >= 0.6 is 11.8 Å². The van der Waals surface area contributed by atoms with E-state index in [0.29, 0.717) is 18.9 Å². The number of imidazole rings is 1. The number of carbonyl (C=O) groups is 1. The van der Waals surface area contributed by atoms with Gasteiger partial charge in [0, 0.05) is 19.7 Å². The number of nitrogens with zero attached hydrogens (tertiary/aromatic N) is 2. The molecule has 0 radical (unpaired) electrons. The molecule has 2 aromatic carbocycles. The average molecular weight is 398 g/mol. The summed E-state index contributed by atoms with van der Waals surface area (Å²) in [5.41, 5.74) is 3.25. The highest BCUT2D eigenvalue weighted by molar-refractivity contribution is 7.99. The molecule has 0 bridgehead atoms. The van der Waals surface area contributed by atoms with E-state index in [-0.39, 0.29) is 12.0 Å². The van der Waals surface area contributed by atoms with Crippen LogP contribution < -0.4 is 5.32 Å². The predicted octanol–water partition coefficient (Wildman–Crippen LogP) is 4.43. The number of benzene rings is 2. The highest BCUT2D eigenvalue weighted by Gasteiger charge is 2.11. The molecular formula is C22H27N3O2S. The first kappa shape index (κ1) is 20.4. The number of para-hydroxylation sites is 2. The number of fused-ring (bicyclic) bond motifs is 1. The molecule has 148 valence electrons. The molecule has 1 atom stereocenters. The second-order valence-corrected chi connectivity index (χ2v) is 7.49. The van der Waals surface area contributed by atoms with E-state index >= 15 is 0 Å². The number of rotatable bonds is 10. The predicted molar refractivity (Wildman–Crippen MR) is 115 cm³/mol. The van der Waals surface area contributed by atoms with Crippen LogP contribution in [0.4, 0.5) is 0 Å². The van der Waals surface area contributed by atoms with Crippen molar-refractivity contribution in [2.24, 2.45) is 0 Å². The first-order valence-electron chi connectivity index (χ1n) is 9.70. The van der Waals surface area contributed by atoms with Gasteiger partial charge in [0.25, 0.3) is 0 Å². The van der Waals surface area contributed by atoms with Gasteiger partial charge in [0.05, 0.1) is 22.9 Å². The van der Waals surface area contributed by atoms with Gasteiger partial charge in [-0.25, -0.2) is 4.98 Å². The summed E-state index contributed by atoms with van der Waals surface area (Å²) >= 11 is 1.48. The van der Waals surface area contributed by atoms with Crippen LogP contribution in [0.2, 0.25) is 0 Å². The Kier molecular flexibility index (Phi) is 7.51. The third-order valence-electron chi connectivity index (χ3n) is 4.55.